The average molecular weight is 339 g/mol. The lowest BCUT2D eigenvalue weighted by atomic mass is 9.95. The molecule has 1 atom stereocenters. The van der Waals surface area contributed by atoms with E-state index in [4.69, 9.17) is 0 Å². The summed E-state index contributed by atoms with van der Waals surface area (Å²) in [4.78, 5) is 11.6. The molecule has 0 radical (unpaired) electrons. The summed E-state index contributed by atoms with van der Waals surface area (Å²) in [6, 6.07) is 0. The van der Waals surface area contributed by atoms with Gasteiger partial charge in [-0.05, 0) is 32.1 Å². The maximum atomic E-state index is 12.7. The van der Waals surface area contributed by atoms with Crippen LogP contribution in [0.1, 0.15) is 39.0 Å². The van der Waals surface area contributed by atoms with Crippen molar-refractivity contribution in [2.45, 2.75) is 49.8 Å². The van der Waals surface area contributed by atoms with Crippen LogP contribution in [0.25, 0.3) is 0 Å². The molecule has 0 bridgehead atoms. The van der Waals surface area contributed by atoms with Crippen LogP contribution in [0, 0.1) is 0 Å². The van der Waals surface area contributed by atoms with Crippen LogP contribution in [0.2, 0.25) is 0 Å². The van der Waals surface area contributed by atoms with Gasteiger partial charge in [0, 0.05) is 6.54 Å². The lowest BCUT2D eigenvalue weighted by molar-refractivity contribution is -0.147. The molecule has 2 saturated heterocycles. The first kappa shape index (κ1) is 16.7. The van der Waals surface area contributed by atoms with Crippen molar-refractivity contribution < 1.29 is 26.7 Å². The molecule has 0 aliphatic carbocycles. The van der Waals surface area contributed by atoms with E-state index in [2.05, 4.69) is 0 Å². The molecule has 9 heteroatoms. The van der Waals surface area contributed by atoms with Gasteiger partial charge in [-0.25, -0.2) is 16.8 Å². The van der Waals surface area contributed by atoms with Crippen LogP contribution in [0.5, 0.6) is 0 Å². The Kier molecular flexibility index (Phi) is 4.38. The van der Waals surface area contributed by atoms with Gasteiger partial charge in [0.2, 0.25) is 10.0 Å². The lowest BCUT2D eigenvalue weighted by Gasteiger charge is -2.36. The zero-order valence-corrected chi connectivity index (χ0v) is 13.6. The summed E-state index contributed by atoms with van der Waals surface area (Å²) in [5, 5.41) is 8.69. The predicted octanol–water partition coefficient (Wildman–Crippen LogP) is 0.223. The molecule has 2 rings (SSSR count). The van der Waals surface area contributed by atoms with Crippen LogP contribution < -0.4 is 0 Å². The fourth-order valence-corrected chi connectivity index (χ4v) is 7.44. The summed E-state index contributed by atoms with van der Waals surface area (Å²) < 4.78 is 49.5. The third kappa shape index (κ3) is 2.83. The summed E-state index contributed by atoms with van der Waals surface area (Å²) in [5.41, 5.74) is -1.37. The van der Waals surface area contributed by atoms with E-state index in [0.717, 1.165) is 4.31 Å². The Bertz CT molecular complexity index is 612. The van der Waals surface area contributed by atoms with E-state index in [0.29, 0.717) is 12.8 Å². The second-order valence-electron chi connectivity index (χ2n) is 5.76. The van der Waals surface area contributed by atoms with Crippen molar-refractivity contribution in [1.29, 1.82) is 0 Å². The second kappa shape index (κ2) is 5.51. The van der Waals surface area contributed by atoms with Crippen molar-refractivity contribution in [3.8, 4) is 0 Å². The summed E-state index contributed by atoms with van der Waals surface area (Å²) in [5.74, 6) is -1.40. The van der Waals surface area contributed by atoms with Gasteiger partial charge in [-0.15, -0.1) is 0 Å². The average Bonchev–Trinajstić information content (AvgIpc) is 2.84. The number of carboxylic acids is 1. The Hall–Kier alpha value is -0.670. The van der Waals surface area contributed by atoms with Crippen LogP contribution in [0.15, 0.2) is 0 Å². The molecule has 2 heterocycles. The number of hydrogen-bond acceptors (Lipinski definition) is 5. The summed E-state index contributed by atoms with van der Waals surface area (Å²) >= 11 is 0. The van der Waals surface area contributed by atoms with Crippen LogP contribution >= 0.6 is 0 Å². The SMILES string of the molecule is CCC1(C(=O)O)CCCN1S(=O)(=O)C1CCS(=O)(=O)CC1. The summed E-state index contributed by atoms with van der Waals surface area (Å²) in [6.45, 7) is 1.87. The Labute approximate surface area is 125 Å². The van der Waals surface area contributed by atoms with Crippen LogP contribution in [-0.2, 0) is 24.7 Å². The molecule has 1 N–H and O–H groups in total. The quantitative estimate of drug-likeness (QED) is 0.785. The first-order valence-corrected chi connectivity index (χ1v) is 10.4. The van der Waals surface area contributed by atoms with Gasteiger partial charge in [0.15, 0.2) is 0 Å². The third-order valence-corrected chi connectivity index (χ3v) is 8.82. The largest absolute Gasteiger partial charge is 0.480 e. The van der Waals surface area contributed by atoms with Gasteiger partial charge in [-0.1, -0.05) is 6.92 Å². The van der Waals surface area contributed by atoms with Gasteiger partial charge in [-0.3, -0.25) is 4.79 Å². The lowest BCUT2D eigenvalue weighted by Crippen LogP contribution is -2.55. The van der Waals surface area contributed by atoms with E-state index >= 15 is 0 Å². The van der Waals surface area contributed by atoms with Crippen molar-refractivity contribution >= 4 is 25.8 Å². The van der Waals surface area contributed by atoms with Crippen LogP contribution in [-0.4, -0.2) is 61.1 Å². The summed E-state index contributed by atoms with van der Waals surface area (Å²) in [6.07, 6.45) is 1.15. The molecule has 0 amide bonds. The van der Waals surface area contributed by atoms with E-state index in [1.807, 2.05) is 0 Å². The molecule has 21 heavy (non-hydrogen) atoms. The molecule has 0 aromatic heterocycles. The fraction of sp³-hybridized carbons (Fsp3) is 0.917. The molecule has 7 nitrogen and oxygen atoms in total. The highest BCUT2D eigenvalue weighted by Gasteiger charge is 2.53. The number of carbonyl (C=O) groups is 1. The molecule has 1 unspecified atom stereocenters. The maximum Gasteiger partial charge on any atom is 0.325 e. The Balaban J connectivity index is 2.29. The predicted molar refractivity (Wildman–Crippen MR) is 77.2 cm³/mol. The van der Waals surface area contributed by atoms with Gasteiger partial charge in [0.25, 0.3) is 0 Å². The number of aliphatic carboxylic acids is 1. The second-order valence-corrected chi connectivity index (χ2v) is 10.2. The molecule has 2 aliphatic heterocycles. The zero-order valence-electron chi connectivity index (χ0n) is 12.0. The van der Waals surface area contributed by atoms with Gasteiger partial charge in [0.05, 0.1) is 16.8 Å². The van der Waals surface area contributed by atoms with Gasteiger partial charge >= 0.3 is 5.97 Å². The van der Waals surface area contributed by atoms with Crippen LogP contribution in [0.3, 0.4) is 0 Å². The molecule has 0 aromatic carbocycles. The first-order valence-electron chi connectivity index (χ1n) is 7.11. The number of sulfone groups is 1. The van der Waals surface area contributed by atoms with Crippen molar-refractivity contribution in [2.75, 3.05) is 18.1 Å². The summed E-state index contributed by atoms with van der Waals surface area (Å²) in [7, 11) is -6.94. The van der Waals surface area contributed by atoms with E-state index in [-0.39, 0.29) is 37.3 Å². The van der Waals surface area contributed by atoms with Crippen molar-refractivity contribution in [2.24, 2.45) is 0 Å². The highest BCUT2D eigenvalue weighted by Crippen LogP contribution is 2.38. The Morgan fingerprint density at radius 1 is 1.33 bits per heavy atom. The zero-order chi connectivity index (χ0) is 15.9. The van der Waals surface area contributed by atoms with Crippen molar-refractivity contribution in [1.82, 2.24) is 4.31 Å². The number of nitrogens with zero attached hydrogens (tertiary/aromatic N) is 1. The molecule has 2 aliphatic rings. The standard InChI is InChI=1S/C12H21NO6S2/c1-2-12(11(14)15)6-3-7-13(12)21(18,19)10-4-8-20(16,17)9-5-10/h10H,2-9H2,1H3,(H,14,15). The Morgan fingerprint density at radius 3 is 2.38 bits per heavy atom. The van der Waals surface area contributed by atoms with E-state index in [9.17, 15) is 26.7 Å². The molecule has 0 saturated carbocycles. The molecule has 0 aromatic rings. The molecular formula is C12H21NO6S2. The van der Waals surface area contributed by atoms with E-state index < -0.39 is 36.6 Å². The normalized spacial score (nSPS) is 31.3. The van der Waals surface area contributed by atoms with E-state index in [1.165, 1.54) is 0 Å². The number of hydrogen-bond donors (Lipinski definition) is 1. The molecule has 0 spiro atoms. The first-order chi connectivity index (χ1) is 9.66. The number of carboxylic acid groups (broad SMARTS) is 1. The Morgan fingerprint density at radius 2 is 1.90 bits per heavy atom. The molecule has 122 valence electrons. The van der Waals surface area contributed by atoms with Crippen LogP contribution in [0.4, 0.5) is 0 Å². The minimum Gasteiger partial charge on any atom is -0.480 e. The third-order valence-electron chi connectivity index (χ3n) is 4.64. The van der Waals surface area contributed by atoms with Crippen molar-refractivity contribution in [3.63, 3.8) is 0 Å². The molecule has 2 fully saturated rings. The fourth-order valence-electron chi connectivity index (χ4n) is 3.29. The highest BCUT2D eigenvalue weighted by molar-refractivity contribution is 7.92. The number of rotatable bonds is 4. The smallest absolute Gasteiger partial charge is 0.325 e. The van der Waals surface area contributed by atoms with Gasteiger partial charge in [-0.2, -0.15) is 4.31 Å². The monoisotopic (exact) mass is 339 g/mol. The van der Waals surface area contributed by atoms with Gasteiger partial charge in [0.1, 0.15) is 15.4 Å². The van der Waals surface area contributed by atoms with Crippen molar-refractivity contribution in [3.05, 3.63) is 0 Å². The highest BCUT2D eigenvalue weighted by atomic mass is 32.2. The van der Waals surface area contributed by atoms with E-state index in [1.54, 1.807) is 6.92 Å². The van der Waals surface area contributed by atoms with Gasteiger partial charge < -0.3 is 5.11 Å². The molecular weight excluding hydrogens is 318 g/mol. The minimum absolute atomic E-state index is 0.0561. The maximum absolute atomic E-state index is 12.7. The topological polar surface area (TPSA) is 109 Å². The minimum atomic E-state index is -3.79. The number of sulfonamides is 1.